The Morgan fingerprint density at radius 3 is 1.95 bits per heavy atom. The Labute approximate surface area is 242 Å². The summed E-state index contributed by atoms with van der Waals surface area (Å²) in [5.74, 6) is 0.613. The van der Waals surface area contributed by atoms with Gasteiger partial charge < -0.3 is 8.98 Å². The SMILES string of the molecule is N#Cc1ccc(-c2cccc(-n3c4ccc(-c5ccccc5)cc4c4cc5oc(-c6ccccc6)nc5cc43)c2)cc1. The predicted octanol–water partition coefficient (Wildman–Crippen LogP) is 9.80. The van der Waals surface area contributed by atoms with E-state index in [2.05, 4.69) is 89.5 Å². The molecule has 0 saturated carbocycles. The summed E-state index contributed by atoms with van der Waals surface area (Å²) < 4.78 is 8.60. The first-order chi connectivity index (χ1) is 20.7. The van der Waals surface area contributed by atoms with Crippen molar-refractivity contribution < 1.29 is 4.42 Å². The number of hydrogen-bond donors (Lipinski definition) is 0. The van der Waals surface area contributed by atoms with Crippen LogP contribution in [0.3, 0.4) is 0 Å². The highest BCUT2D eigenvalue weighted by atomic mass is 16.3. The zero-order chi connectivity index (χ0) is 28.0. The van der Waals surface area contributed by atoms with Crippen molar-refractivity contribution in [3.05, 3.63) is 145 Å². The van der Waals surface area contributed by atoms with Gasteiger partial charge in [-0.3, -0.25) is 0 Å². The molecule has 0 unspecified atom stereocenters. The second-order valence-electron chi connectivity index (χ2n) is 10.4. The number of fused-ring (bicyclic) bond motifs is 4. The first kappa shape index (κ1) is 23.9. The van der Waals surface area contributed by atoms with Crippen molar-refractivity contribution in [1.82, 2.24) is 9.55 Å². The number of benzene rings is 6. The van der Waals surface area contributed by atoms with Crippen molar-refractivity contribution in [2.75, 3.05) is 0 Å². The molecular formula is C38H23N3O. The van der Waals surface area contributed by atoms with Crippen LogP contribution in [0.2, 0.25) is 0 Å². The summed E-state index contributed by atoms with van der Waals surface area (Å²) in [4.78, 5) is 4.88. The maximum absolute atomic E-state index is 9.24. The van der Waals surface area contributed by atoms with Gasteiger partial charge in [-0.1, -0.05) is 78.9 Å². The normalized spacial score (nSPS) is 11.3. The first-order valence-electron chi connectivity index (χ1n) is 13.9. The molecule has 8 rings (SSSR count). The summed E-state index contributed by atoms with van der Waals surface area (Å²) in [6.45, 7) is 0. The summed E-state index contributed by atoms with van der Waals surface area (Å²) in [5, 5.41) is 11.5. The van der Waals surface area contributed by atoms with Gasteiger partial charge in [0.15, 0.2) is 5.58 Å². The molecule has 6 aromatic carbocycles. The van der Waals surface area contributed by atoms with Gasteiger partial charge in [0.2, 0.25) is 5.89 Å². The third-order valence-corrected chi connectivity index (χ3v) is 7.85. The topological polar surface area (TPSA) is 54.8 Å². The number of rotatable bonds is 4. The third kappa shape index (κ3) is 3.96. The minimum Gasteiger partial charge on any atom is -0.436 e. The van der Waals surface area contributed by atoms with E-state index in [4.69, 9.17) is 9.40 Å². The van der Waals surface area contributed by atoms with Crippen LogP contribution >= 0.6 is 0 Å². The van der Waals surface area contributed by atoms with Crippen LogP contribution in [0, 0.1) is 11.3 Å². The van der Waals surface area contributed by atoms with E-state index in [1.165, 1.54) is 5.56 Å². The number of aromatic nitrogens is 2. The zero-order valence-corrected chi connectivity index (χ0v) is 22.5. The lowest BCUT2D eigenvalue weighted by Gasteiger charge is -2.11. The van der Waals surface area contributed by atoms with Crippen LogP contribution in [0.4, 0.5) is 0 Å². The quantitative estimate of drug-likeness (QED) is 0.224. The smallest absolute Gasteiger partial charge is 0.227 e. The summed E-state index contributed by atoms with van der Waals surface area (Å²) >= 11 is 0. The Balaban J connectivity index is 1.38. The van der Waals surface area contributed by atoms with E-state index in [0.717, 1.165) is 60.8 Å². The Kier molecular flexibility index (Phi) is 5.48. The van der Waals surface area contributed by atoms with Crippen LogP contribution in [0.25, 0.3) is 72.3 Å². The molecule has 0 spiro atoms. The van der Waals surface area contributed by atoms with Gasteiger partial charge in [0.25, 0.3) is 0 Å². The summed E-state index contributed by atoms with van der Waals surface area (Å²) in [7, 11) is 0. The lowest BCUT2D eigenvalue weighted by atomic mass is 10.0. The molecule has 4 heteroatoms. The fraction of sp³-hybridized carbons (Fsp3) is 0. The van der Waals surface area contributed by atoms with E-state index in [0.29, 0.717) is 11.5 Å². The van der Waals surface area contributed by atoms with Crippen molar-refractivity contribution in [2.45, 2.75) is 0 Å². The standard InChI is InChI=1S/C38H23N3O/c39-24-25-14-16-27(17-15-25)29-12-7-13-31(20-29)41-35-19-18-30(26-8-3-1-4-9-26)21-32(35)33-22-37-34(23-36(33)41)40-38(42-37)28-10-5-2-6-11-28/h1-23H. The average molecular weight is 538 g/mol. The molecule has 0 amide bonds. The molecule has 196 valence electrons. The van der Waals surface area contributed by atoms with E-state index >= 15 is 0 Å². The first-order valence-corrected chi connectivity index (χ1v) is 13.9. The minimum atomic E-state index is 0.613. The maximum atomic E-state index is 9.24. The van der Waals surface area contributed by atoms with Gasteiger partial charge in [-0.25, -0.2) is 4.98 Å². The highest BCUT2D eigenvalue weighted by Crippen LogP contribution is 2.38. The van der Waals surface area contributed by atoms with Gasteiger partial charge >= 0.3 is 0 Å². The van der Waals surface area contributed by atoms with Gasteiger partial charge in [-0.05, 0) is 82.9 Å². The van der Waals surface area contributed by atoms with E-state index in [1.807, 2.05) is 60.7 Å². The minimum absolute atomic E-state index is 0.613. The summed E-state index contributed by atoms with van der Waals surface area (Å²) in [6, 6.07) is 49.9. The third-order valence-electron chi connectivity index (χ3n) is 7.85. The second kappa shape index (κ2) is 9.62. The predicted molar refractivity (Wildman–Crippen MR) is 169 cm³/mol. The molecule has 2 aromatic heterocycles. The molecule has 0 N–H and O–H groups in total. The lowest BCUT2D eigenvalue weighted by molar-refractivity contribution is 0.620. The highest BCUT2D eigenvalue weighted by molar-refractivity contribution is 6.13. The van der Waals surface area contributed by atoms with Crippen LogP contribution in [0.1, 0.15) is 5.56 Å². The molecule has 0 aliphatic rings. The zero-order valence-electron chi connectivity index (χ0n) is 22.5. The lowest BCUT2D eigenvalue weighted by Crippen LogP contribution is -1.94. The Hall–Kier alpha value is -5.92. The number of oxazole rings is 1. The Morgan fingerprint density at radius 1 is 0.548 bits per heavy atom. The molecule has 0 aliphatic carbocycles. The van der Waals surface area contributed by atoms with Crippen molar-refractivity contribution in [3.8, 4) is 45.5 Å². The summed E-state index contributed by atoms with van der Waals surface area (Å²) in [5.41, 5.74) is 10.9. The van der Waals surface area contributed by atoms with E-state index in [1.54, 1.807) is 0 Å². The molecule has 2 heterocycles. The van der Waals surface area contributed by atoms with Crippen molar-refractivity contribution >= 4 is 32.9 Å². The van der Waals surface area contributed by atoms with Crippen molar-refractivity contribution in [1.29, 1.82) is 5.26 Å². The molecule has 42 heavy (non-hydrogen) atoms. The van der Waals surface area contributed by atoms with Crippen LogP contribution in [0.15, 0.2) is 144 Å². The van der Waals surface area contributed by atoms with Gasteiger partial charge in [0, 0.05) is 22.0 Å². The van der Waals surface area contributed by atoms with Crippen molar-refractivity contribution in [2.24, 2.45) is 0 Å². The molecule has 0 atom stereocenters. The molecular weight excluding hydrogens is 514 g/mol. The number of nitriles is 1. The Bertz CT molecular complexity index is 2290. The summed E-state index contributed by atoms with van der Waals surface area (Å²) in [6.07, 6.45) is 0. The molecule has 0 fully saturated rings. The maximum Gasteiger partial charge on any atom is 0.227 e. The molecule has 8 aromatic rings. The van der Waals surface area contributed by atoms with E-state index in [-0.39, 0.29) is 0 Å². The average Bonchev–Trinajstić information content (AvgIpc) is 3.62. The molecule has 0 radical (unpaired) electrons. The number of hydrogen-bond acceptors (Lipinski definition) is 3. The van der Waals surface area contributed by atoms with Crippen LogP contribution in [-0.4, -0.2) is 9.55 Å². The highest BCUT2D eigenvalue weighted by Gasteiger charge is 2.18. The second-order valence-corrected chi connectivity index (χ2v) is 10.4. The van der Waals surface area contributed by atoms with Crippen LogP contribution in [0.5, 0.6) is 0 Å². The van der Waals surface area contributed by atoms with E-state index in [9.17, 15) is 5.26 Å². The number of nitrogens with zero attached hydrogens (tertiary/aromatic N) is 3. The van der Waals surface area contributed by atoms with Crippen LogP contribution in [-0.2, 0) is 0 Å². The molecule has 0 bridgehead atoms. The van der Waals surface area contributed by atoms with Gasteiger partial charge in [-0.15, -0.1) is 0 Å². The van der Waals surface area contributed by atoms with Gasteiger partial charge in [-0.2, -0.15) is 5.26 Å². The molecule has 0 saturated heterocycles. The molecule has 4 nitrogen and oxygen atoms in total. The van der Waals surface area contributed by atoms with E-state index < -0.39 is 0 Å². The fourth-order valence-corrected chi connectivity index (χ4v) is 5.79. The largest absolute Gasteiger partial charge is 0.436 e. The van der Waals surface area contributed by atoms with Gasteiger partial charge in [0.05, 0.1) is 22.7 Å². The molecule has 0 aliphatic heterocycles. The van der Waals surface area contributed by atoms with Crippen LogP contribution < -0.4 is 0 Å². The monoisotopic (exact) mass is 537 g/mol. The van der Waals surface area contributed by atoms with Gasteiger partial charge in [0.1, 0.15) is 5.52 Å². The van der Waals surface area contributed by atoms with Crippen molar-refractivity contribution in [3.63, 3.8) is 0 Å². The fourth-order valence-electron chi connectivity index (χ4n) is 5.79. The Morgan fingerprint density at radius 2 is 1.19 bits per heavy atom.